The number of esters is 1. The molecule has 25 heavy (non-hydrogen) atoms. The number of ether oxygens (including phenoxy) is 1. The number of anilines is 1. The topological polar surface area (TPSA) is 95.9 Å². The van der Waals surface area contributed by atoms with Crippen LogP contribution in [0.5, 0.6) is 0 Å². The van der Waals surface area contributed by atoms with Crippen LogP contribution in [0.1, 0.15) is 13.8 Å². The minimum absolute atomic E-state index is 0. The van der Waals surface area contributed by atoms with E-state index in [1.165, 1.54) is 16.7 Å². The number of nitrogens with one attached hydrogen (secondary N) is 1. The van der Waals surface area contributed by atoms with Crippen LogP contribution in [-0.2, 0) is 19.1 Å². The zero-order valence-electron chi connectivity index (χ0n) is 13.9. The zero-order chi connectivity index (χ0) is 17.7. The van der Waals surface area contributed by atoms with E-state index >= 15 is 0 Å². The minimum atomic E-state index is -1.10. The van der Waals surface area contributed by atoms with Gasteiger partial charge in [0.05, 0.1) is 18.3 Å². The first-order chi connectivity index (χ1) is 11.4. The first-order valence-electron chi connectivity index (χ1n) is 7.61. The molecule has 0 aliphatic carbocycles. The molecule has 2 N–H and O–H groups in total. The lowest BCUT2D eigenvalue weighted by Crippen LogP contribution is -2.53. The van der Waals surface area contributed by atoms with E-state index in [4.69, 9.17) is 9.84 Å². The van der Waals surface area contributed by atoms with Crippen LogP contribution in [0, 0.1) is 0 Å². The number of hydrogen-bond donors (Lipinski definition) is 2. The van der Waals surface area contributed by atoms with Crippen LogP contribution in [0.2, 0.25) is 0 Å². The fraction of sp³-hybridized carbons (Fsp3) is 0.438. The van der Waals surface area contributed by atoms with Gasteiger partial charge >= 0.3 is 11.9 Å². The molecule has 0 aromatic heterocycles. The number of carboxylic acids is 1. The van der Waals surface area contributed by atoms with Gasteiger partial charge in [-0.1, -0.05) is 12.1 Å². The molecule has 0 spiro atoms. The first kappa shape index (κ1) is 21.3. The van der Waals surface area contributed by atoms with Crippen molar-refractivity contribution in [2.75, 3.05) is 23.8 Å². The quantitative estimate of drug-likeness (QED) is 0.713. The molecule has 2 rings (SSSR count). The van der Waals surface area contributed by atoms with Crippen molar-refractivity contribution in [1.29, 1.82) is 0 Å². The van der Waals surface area contributed by atoms with Crippen molar-refractivity contribution in [3.63, 3.8) is 0 Å². The van der Waals surface area contributed by atoms with Crippen molar-refractivity contribution < 1.29 is 24.2 Å². The largest absolute Gasteiger partial charge is 0.480 e. The third-order valence-corrected chi connectivity index (χ3v) is 4.67. The predicted molar refractivity (Wildman–Crippen MR) is 97.4 cm³/mol. The Hall–Kier alpha value is -1.77. The predicted octanol–water partition coefficient (Wildman–Crippen LogP) is 1.54. The summed E-state index contributed by atoms with van der Waals surface area (Å²) in [6.45, 7) is 3.16. The summed E-state index contributed by atoms with van der Waals surface area (Å²) in [6.07, 6.45) is 0. The van der Waals surface area contributed by atoms with Gasteiger partial charge in [-0.2, -0.15) is 0 Å². The Morgan fingerprint density at radius 3 is 2.76 bits per heavy atom. The van der Waals surface area contributed by atoms with E-state index in [0.29, 0.717) is 11.4 Å². The smallest absolute Gasteiger partial charge is 0.323 e. The molecule has 0 saturated heterocycles. The molecule has 1 aromatic carbocycles. The Morgan fingerprint density at radius 1 is 1.44 bits per heavy atom. The zero-order valence-corrected chi connectivity index (χ0v) is 15.6. The Kier molecular flexibility index (Phi) is 8.21. The maximum atomic E-state index is 12.8. The molecule has 0 bridgehead atoms. The van der Waals surface area contributed by atoms with Crippen molar-refractivity contribution in [2.45, 2.75) is 30.8 Å². The normalized spacial score (nSPS) is 17.8. The Labute approximate surface area is 156 Å². The molecule has 1 amide bonds. The molecule has 9 heteroatoms. The number of benzene rings is 1. The molecular weight excluding hydrogens is 368 g/mol. The number of para-hydroxylation sites is 1. The first-order valence-corrected chi connectivity index (χ1v) is 8.60. The lowest BCUT2D eigenvalue weighted by molar-refractivity contribution is -0.145. The van der Waals surface area contributed by atoms with Crippen LogP contribution in [-0.4, -0.2) is 53.9 Å². The highest BCUT2D eigenvalue weighted by Crippen LogP contribution is 2.34. The number of amides is 1. The summed E-state index contributed by atoms with van der Waals surface area (Å²) in [7, 11) is 0. The van der Waals surface area contributed by atoms with Gasteiger partial charge in [-0.25, -0.2) is 0 Å². The number of rotatable bonds is 6. The molecule has 2 unspecified atom stereocenters. The fourth-order valence-electron chi connectivity index (χ4n) is 2.41. The summed E-state index contributed by atoms with van der Waals surface area (Å²) in [5, 5.41) is 12.1. The van der Waals surface area contributed by atoms with Gasteiger partial charge in [0.1, 0.15) is 12.6 Å². The summed E-state index contributed by atoms with van der Waals surface area (Å²) < 4.78 is 4.94. The second-order valence-electron chi connectivity index (χ2n) is 5.29. The van der Waals surface area contributed by atoms with Crippen LogP contribution in [0.4, 0.5) is 5.69 Å². The van der Waals surface area contributed by atoms with E-state index in [1.54, 1.807) is 26.0 Å². The molecular formula is C16H21ClN2O5S. The van der Waals surface area contributed by atoms with Crippen LogP contribution in [0.15, 0.2) is 29.2 Å². The summed E-state index contributed by atoms with van der Waals surface area (Å²) in [4.78, 5) is 37.8. The maximum Gasteiger partial charge on any atom is 0.323 e. The van der Waals surface area contributed by atoms with Gasteiger partial charge in [-0.15, -0.1) is 24.2 Å². The van der Waals surface area contributed by atoms with E-state index in [1.807, 2.05) is 12.1 Å². The van der Waals surface area contributed by atoms with E-state index in [0.717, 1.165) is 4.90 Å². The van der Waals surface area contributed by atoms with Crippen LogP contribution >= 0.6 is 24.2 Å². The number of carbonyl (C=O) groups excluding carboxylic acids is 2. The van der Waals surface area contributed by atoms with Gasteiger partial charge in [0, 0.05) is 10.6 Å². The summed E-state index contributed by atoms with van der Waals surface area (Å²) in [6, 6.07) is 5.83. The number of carbonyl (C=O) groups is 3. The molecule has 0 radical (unpaired) electrons. The molecule has 1 aromatic rings. The number of hydrogen-bond acceptors (Lipinski definition) is 6. The van der Waals surface area contributed by atoms with Crippen LogP contribution in [0.25, 0.3) is 0 Å². The van der Waals surface area contributed by atoms with Gasteiger partial charge < -0.3 is 9.84 Å². The highest BCUT2D eigenvalue weighted by Gasteiger charge is 2.33. The minimum Gasteiger partial charge on any atom is -0.480 e. The second kappa shape index (κ2) is 9.65. The molecule has 2 atom stereocenters. The molecule has 7 nitrogen and oxygen atoms in total. The van der Waals surface area contributed by atoms with Gasteiger partial charge in [0.2, 0.25) is 5.91 Å². The van der Waals surface area contributed by atoms with Crippen molar-refractivity contribution in [3.8, 4) is 0 Å². The standard InChI is InChI=1S/C16H20N2O5S.ClH/c1-3-23-16(22)10(2)17-11-9-24-13-7-5-4-6-12(13)18(15(11)21)8-14(19)20;/h4-7,10-11,17H,3,8-9H2,1-2H3,(H,19,20);1H. The van der Waals surface area contributed by atoms with Crippen molar-refractivity contribution >= 4 is 47.7 Å². The number of aliphatic carboxylic acids is 1. The molecule has 0 fully saturated rings. The SMILES string of the molecule is CCOC(=O)C(C)NC1CSc2ccccc2N(CC(=O)O)C1=O.Cl. The number of halogens is 1. The number of thioether (sulfide) groups is 1. The molecule has 1 heterocycles. The summed E-state index contributed by atoms with van der Waals surface area (Å²) in [5.41, 5.74) is 0.572. The Morgan fingerprint density at radius 2 is 2.12 bits per heavy atom. The van der Waals surface area contributed by atoms with Gasteiger partial charge in [-0.05, 0) is 26.0 Å². The van der Waals surface area contributed by atoms with E-state index in [-0.39, 0.29) is 24.9 Å². The highest BCUT2D eigenvalue weighted by molar-refractivity contribution is 7.99. The number of nitrogens with zero attached hydrogens (tertiary/aromatic N) is 1. The number of carboxylic acid groups (broad SMARTS) is 1. The Bertz CT molecular complexity index is 643. The van der Waals surface area contributed by atoms with Crippen LogP contribution in [0.3, 0.4) is 0 Å². The van der Waals surface area contributed by atoms with Gasteiger partial charge in [0.25, 0.3) is 0 Å². The lowest BCUT2D eigenvalue weighted by Gasteiger charge is -2.25. The van der Waals surface area contributed by atoms with Crippen LogP contribution < -0.4 is 10.2 Å². The fourth-order valence-corrected chi connectivity index (χ4v) is 3.49. The average Bonchev–Trinajstić information content (AvgIpc) is 2.67. The monoisotopic (exact) mass is 388 g/mol. The molecule has 1 aliphatic rings. The maximum absolute atomic E-state index is 12.8. The van der Waals surface area contributed by atoms with E-state index in [9.17, 15) is 14.4 Å². The lowest BCUT2D eigenvalue weighted by atomic mass is 10.2. The van der Waals surface area contributed by atoms with Gasteiger partial charge in [0.15, 0.2) is 0 Å². The number of fused-ring (bicyclic) bond motifs is 1. The highest BCUT2D eigenvalue weighted by atomic mass is 35.5. The van der Waals surface area contributed by atoms with Crippen molar-refractivity contribution in [3.05, 3.63) is 24.3 Å². The summed E-state index contributed by atoms with van der Waals surface area (Å²) >= 11 is 1.45. The molecule has 0 saturated carbocycles. The second-order valence-corrected chi connectivity index (χ2v) is 6.35. The Balaban J connectivity index is 0.00000312. The summed E-state index contributed by atoms with van der Waals surface area (Å²) in [5.74, 6) is -1.51. The van der Waals surface area contributed by atoms with Gasteiger partial charge in [-0.3, -0.25) is 24.6 Å². The third kappa shape index (κ3) is 5.35. The van der Waals surface area contributed by atoms with Crippen molar-refractivity contribution in [2.24, 2.45) is 0 Å². The van der Waals surface area contributed by atoms with E-state index in [2.05, 4.69) is 5.32 Å². The molecule has 1 aliphatic heterocycles. The third-order valence-electron chi connectivity index (χ3n) is 3.51. The van der Waals surface area contributed by atoms with Crippen molar-refractivity contribution in [1.82, 2.24) is 5.32 Å². The average molecular weight is 389 g/mol. The van der Waals surface area contributed by atoms with E-state index < -0.39 is 30.6 Å². The molecule has 138 valence electrons.